The number of aromatic nitrogens is 3. The van der Waals surface area contributed by atoms with E-state index in [1.165, 1.54) is 10.9 Å². The first kappa shape index (κ1) is 10.7. The Bertz CT molecular complexity index is 492. The summed E-state index contributed by atoms with van der Waals surface area (Å²) < 4.78 is 6.68. The summed E-state index contributed by atoms with van der Waals surface area (Å²) in [5.74, 6) is 0.107. The molecule has 84 valence electrons. The van der Waals surface area contributed by atoms with Gasteiger partial charge >= 0.3 is 5.97 Å². The average Bonchev–Trinajstić information content (AvgIpc) is 2.83. The molecule has 1 N–H and O–H groups in total. The van der Waals surface area contributed by atoms with E-state index < -0.39 is 5.97 Å². The molecule has 0 saturated carbocycles. The van der Waals surface area contributed by atoms with Crippen LogP contribution >= 0.6 is 11.8 Å². The molecule has 0 amide bonds. The summed E-state index contributed by atoms with van der Waals surface area (Å²) in [7, 11) is 1.71. The minimum absolute atomic E-state index is 0.0376. The van der Waals surface area contributed by atoms with Gasteiger partial charge in [0.2, 0.25) is 5.82 Å². The number of furan rings is 1. The molecule has 0 spiro atoms. The highest BCUT2D eigenvalue weighted by atomic mass is 32.2. The smallest absolute Gasteiger partial charge is 0.313 e. The number of aryl methyl sites for hydroxylation is 1. The number of hydrogen-bond acceptors (Lipinski definition) is 5. The van der Waals surface area contributed by atoms with Gasteiger partial charge in [0, 0.05) is 7.05 Å². The van der Waals surface area contributed by atoms with E-state index in [2.05, 4.69) is 10.1 Å². The lowest BCUT2D eigenvalue weighted by atomic mass is 10.4. The highest BCUT2D eigenvalue weighted by Gasteiger charge is 2.12. The van der Waals surface area contributed by atoms with E-state index in [0.29, 0.717) is 16.7 Å². The maximum Gasteiger partial charge on any atom is 0.313 e. The molecule has 0 atom stereocenters. The average molecular weight is 239 g/mol. The zero-order chi connectivity index (χ0) is 11.5. The Morgan fingerprint density at radius 2 is 2.50 bits per heavy atom. The Hall–Kier alpha value is -1.76. The molecule has 2 heterocycles. The second kappa shape index (κ2) is 4.40. The predicted octanol–water partition coefficient (Wildman–Crippen LogP) is 1.25. The molecule has 0 aliphatic carbocycles. The van der Waals surface area contributed by atoms with Gasteiger partial charge < -0.3 is 9.52 Å². The summed E-state index contributed by atoms with van der Waals surface area (Å²) in [4.78, 5) is 14.6. The van der Waals surface area contributed by atoms with Crippen LogP contribution in [0.1, 0.15) is 0 Å². The van der Waals surface area contributed by atoms with Crippen molar-refractivity contribution in [3.63, 3.8) is 0 Å². The fourth-order valence-corrected chi connectivity index (χ4v) is 1.76. The standard InChI is InChI=1S/C9H9N3O3S/c1-12-9(16-5-7(13)14)10-8(11-12)6-3-2-4-15-6/h2-4H,5H2,1H3,(H,13,14). The quantitative estimate of drug-likeness (QED) is 0.809. The molecule has 0 saturated heterocycles. The van der Waals surface area contributed by atoms with Gasteiger partial charge in [0.1, 0.15) is 0 Å². The van der Waals surface area contributed by atoms with Crippen LogP contribution in [0.5, 0.6) is 0 Å². The summed E-state index contributed by atoms with van der Waals surface area (Å²) in [6.07, 6.45) is 1.54. The summed E-state index contributed by atoms with van der Waals surface area (Å²) in [5, 5.41) is 13.2. The summed E-state index contributed by atoms with van der Waals surface area (Å²) in [6.45, 7) is 0. The van der Waals surface area contributed by atoms with E-state index in [1.807, 2.05) is 0 Å². The molecule has 7 heteroatoms. The molecular weight excluding hydrogens is 230 g/mol. The van der Waals surface area contributed by atoms with Crippen molar-refractivity contribution < 1.29 is 14.3 Å². The van der Waals surface area contributed by atoms with Crippen LogP contribution in [0.2, 0.25) is 0 Å². The Kier molecular flexibility index (Phi) is 2.95. The molecule has 6 nitrogen and oxygen atoms in total. The van der Waals surface area contributed by atoms with Crippen molar-refractivity contribution >= 4 is 17.7 Å². The van der Waals surface area contributed by atoms with Gasteiger partial charge in [-0.25, -0.2) is 4.68 Å². The first-order valence-electron chi connectivity index (χ1n) is 4.46. The van der Waals surface area contributed by atoms with Gasteiger partial charge in [-0.05, 0) is 12.1 Å². The number of carbonyl (C=O) groups is 1. The lowest BCUT2D eigenvalue weighted by Gasteiger charge is -1.94. The second-order valence-electron chi connectivity index (χ2n) is 3.00. The number of hydrogen-bond donors (Lipinski definition) is 1. The fraction of sp³-hybridized carbons (Fsp3) is 0.222. The Morgan fingerprint density at radius 3 is 3.12 bits per heavy atom. The lowest BCUT2D eigenvalue weighted by Crippen LogP contribution is -2.00. The van der Waals surface area contributed by atoms with E-state index >= 15 is 0 Å². The lowest BCUT2D eigenvalue weighted by molar-refractivity contribution is -0.133. The van der Waals surface area contributed by atoms with Gasteiger partial charge in [-0.2, -0.15) is 4.98 Å². The van der Waals surface area contributed by atoms with Crippen LogP contribution in [0.25, 0.3) is 11.6 Å². The van der Waals surface area contributed by atoms with Crippen molar-refractivity contribution in [3.05, 3.63) is 18.4 Å². The predicted molar refractivity (Wildman–Crippen MR) is 57.1 cm³/mol. The van der Waals surface area contributed by atoms with Gasteiger partial charge in [0.25, 0.3) is 0 Å². The van der Waals surface area contributed by atoms with Crippen molar-refractivity contribution in [1.82, 2.24) is 14.8 Å². The monoisotopic (exact) mass is 239 g/mol. The van der Waals surface area contributed by atoms with Crippen molar-refractivity contribution in [2.75, 3.05) is 5.75 Å². The van der Waals surface area contributed by atoms with Crippen LogP contribution in [0.3, 0.4) is 0 Å². The Labute approximate surface area is 95.3 Å². The number of thioether (sulfide) groups is 1. The van der Waals surface area contributed by atoms with E-state index in [0.717, 1.165) is 11.8 Å². The summed E-state index contributed by atoms with van der Waals surface area (Å²) in [5.41, 5.74) is 0. The first-order chi connectivity index (χ1) is 7.66. The molecule has 2 rings (SSSR count). The van der Waals surface area contributed by atoms with Gasteiger partial charge in [-0.3, -0.25) is 4.79 Å². The molecule has 2 aromatic heterocycles. The minimum Gasteiger partial charge on any atom is -0.481 e. The Balaban J connectivity index is 2.19. The van der Waals surface area contributed by atoms with Crippen molar-refractivity contribution in [1.29, 1.82) is 0 Å². The molecule has 0 aliphatic heterocycles. The molecule has 2 aromatic rings. The molecule has 0 fully saturated rings. The second-order valence-corrected chi connectivity index (χ2v) is 3.94. The molecule has 0 radical (unpaired) electrons. The number of carboxylic acid groups (broad SMARTS) is 1. The third-order valence-corrected chi connectivity index (χ3v) is 2.79. The minimum atomic E-state index is -0.882. The van der Waals surface area contributed by atoms with Gasteiger partial charge in [-0.15, -0.1) is 5.10 Å². The van der Waals surface area contributed by atoms with Crippen molar-refractivity contribution in [3.8, 4) is 11.6 Å². The zero-order valence-electron chi connectivity index (χ0n) is 8.45. The summed E-state index contributed by atoms with van der Waals surface area (Å²) >= 11 is 1.12. The van der Waals surface area contributed by atoms with E-state index in [4.69, 9.17) is 9.52 Å². The van der Waals surface area contributed by atoms with E-state index in [1.54, 1.807) is 19.2 Å². The molecule has 0 bridgehead atoms. The molecule has 0 aromatic carbocycles. The van der Waals surface area contributed by atoms with Gasteiger partial charge in [0.15, 0.2) is 10.9 Å². The van der Waals surface area contributed by atoms with Crippen molar-refractivity contribution in [2.45, 2.75) is 5.16 Å². The van der Waals surface area contributed by atoms with E-state index in [9.17, 15) is 4.79 Å². The third-order valence-electron chi connectivity index (χ3n) is 1.79. The number of aliphatic carboxylic acids is 1. The van der Waals surface area contributed by atoms with Crippen LogP contribution in [-0.4, -0.2) is 31.6 Å². The van der Waals surface area contributed by atoms with Crippen LogP contribution in [0.4, 0.5) is 0 Å². The molecule has 0 aliphatic rings. The van der Waals surface area contributed by atoms with Crippen LogP contribution in [0, 0.1) is 0 Å². The van der Waals surface area contributed by atoms with Crippen LogP contribution in [-0.2, 0) is 11.8 Å². The van der Waals surface area contributed by atoms with Crippen LogP contribution < -0.4 is 0 Å². The maximum atomic E-state index is 10.4. The Morgan fingerprint density at radius 1 is 1.69 bits per heavy atom. The maximum absolute atomic E-state index is 10.4. The third kappa shape index (κ3) is 2.25. The zero-order valence-corrected chi connectivity index (χ0v) is 9.27. The summed E-state index contributed by atoms with van der Waals surface area (Å²) in [6, 6.07) is 3.50. The number of carboxylic acids is 1. The number of rotatable bonds is 4. The highest BCUT2D eigenvalue weighted by Crippen LogP contribution is 2.20. The fourth-order valence-electron chi connectivity index (χ4n) is 1.13. The van der Waals surface area contributed by atoms with Gasteiger partial charge in [0.05, 0.1) is 12.0 Å². The molecule has 0 unspecified atom stereocenters. The molecular formula is C9H9N3O3S. The largest absolute Gasteiger partial charge is 0.481 e. The molecule has 16 heavy (non-hydrogen) atoms. The van der Waals surface area contributed by atoms with E-state index in [-0.39, 0.29) is 5.75 Å². The number of nitrogens with zero attached hydrogens (tertiary/aromatic N) is 3. The normalized spacial score (nSPS) is 10.6. The topological polar surface area (TPSA) is 81.2 Å². The van der Waals surface area contributed by atoms with Gasteiger partial charge in [-0.1, -0.05) is 11.8 Å². The first-order valence-corrected chi connectivity index (χ1v) is 5.45. The van der Waals surface area contributed by atoms with Crippen LogP contribution in [0.15, 0.2) is 28.0 Å². The SMILES string of the molecule is Cn1nc(-c2ccco2)nc1SCC(=O)O. The van der Waals surface area contributed by atoms with Crippen molar-refractivity contribution in [2.24, 2.45) is 7.05 Å². The highest BCUT2D eigenvalue weighted by molar-refractivity contribution is 7.99.